The van der Waals surface area contributed by atoms with Crippen molar-refractivity contribution in [2.75, 3.05) is 6.61 Å². The van der Waals surface area contributed by atoms with Crippen LogP contribution in [0.15, 0.2) is 0 Å². The van der Waals surface area contributed by atoms with Crippen LogP contribution in [0.2, 0.25) is 0 Å². The third kappa shape index (κ3) is 6.20. The van der Waals surface area contributed by atoms with Crippen molar-refractivity contribution in [1.82, 2.24) is 5.32 Å². The Bertz CT molecular complexity index is 459. The molecular weight excluding hydrogens is 330 g/mol. The lowest BCUT2D eigenvalue weighted by Crippen LogP contribution is -2.51. The summed E-state index contributed by atoms with van der Waals surface area (Å²) < 4.78 is 30.9. The van der Waals surface area contributed by atoms with Crippen LogP contribution in [-0.4, -0.2) is 36.5 Å². The Morgan fingerprint density at radius 2 is 1.80 bits per heavy atom. The van der Waals surface area contributed by atoms with Gasteiger partial charge in [-0.1, -0.05) is 32.1 Å². The smallest absolute Gasteiger partial charge is 0.328 e. The molecule has 0 saturated heterocycles. The molecule has 2 aliphatic carbocycles. The van der Waals surface area contributed by atoms with E-state index >= 15 is 0 Å². The van der Waals surface area contributed by atoms with E-state index in [0.29, 0.717) is 12.3 Å². The molecule has 3 N–H and O–H groups in total. The summed E-state index contributed by atoms with van der Waals surface area (Å²) in [6.07, 6.45) is 5.95. The molecule has 0 spiro atoms. The molecule has 144 valence electrons. The maximum absolute atomic E-state index is 12.9. The van der Waals surface area contributed by atoms with Gasteiger partial charge in [0.15, 0.2) is 0 Å². The number of nitrogens with two attached hydrogens (primary N) is 1. The van der Waals surface area contributed by atoms with Crippen LogP contribution in [-0.2, 0) is 14.3 Å². The predicted molar refractivity (Wildman–Crippen MR) is 90.0 cm³/mol. The molecular formula is C18H30F2N2O3. The lowest BCUT2D eigenvalue weighted by molar-refractivity contribution is -0.148. The molecule has 0 aromatic heterocycles. The maximum Gasteiger partial charge on any atom is 0.328 e. The first kappa shape index (κ1) is 20.1. The van der Waals surface area contributed by atoms with E-state index in [1.165, 1.54) is 6.42 Å². The van der Waals surface area contributed by atoms with Gasteiger partial charge in [0.1, 0.15) is 6.04 Å². The summed E-state index contributed by atoms with van der Waals surface area (Å²) >= 11 is 0. The number of carbonyl (C=O) groups is 2. The molecule has 7 heteroatoms. The van der Waals surface area contributed by atoms with Crippen molar-refractivity contribution < 1.29 is 23.1 Å². The fourth-order valence-corrected chi connectivity index (χ4v) is 3.91. The van der Waals surface area contributed by atoms with Crippen molar-refractivity contribution in [1.29, 1.82) is 0 Å². The number of hydrogen-bond donors (Lipinski definition) is 2. The number of rotatable bonds is 8. The maximum atomic E-state index is 12.9. The highest BCUT2D eigenvalue weighted by atomic mass is 19.3. The highest BCUT2D eigenvalue weighted by Gasteiger charge is 2.46. The average Bonchev–Trinajstić information content (AvgIpc) is 2.53. The average molecular weight is 360 g/mol. The van der Waals surface area contributed by atoms with Crippen LogP contribution < -0.4 is 11.1 Å². The van der Waals surface area contributed by atoms with E-state index in [-0.39, 0.29) is 31.8 Å². The molecule has 0 heterocycles. The van der Waals surface area contributed by atoms with Gasteiger partial charge in [-0.3, -0.25) is 4.79 Å². The topological polar surface area (TPSA) is 81.4 Å². The molecule has 2 aliphatic rings. The van der Waals surface area contributed by atoms with E-state index in [0.717, 1.165) is 25.7 Å². The SMILES string of the molecule is CCOC(=O)[C@@H](CC1CCCCC1)NC(=O)C(N)CC1CC(F)(F)C1. The van der Waals surface area contributed by atoms with Crippen LogP contribution in [0.3, 0.4) is 0 Å². The largest absolute Gasteiger partial charge is 0.464 e. The minimum Gasteiger partial charge on any atom is -0.464 e. The number of nitrogens with one attached hydrogen (secondary N) is 1. The Kier molecular flexibility index (Phi) is 7.16. The van der Waals surface area contributed by atoms with E-state index in [2.05, 4.69) is 5.32 Å². The highest BCUT2D eigenvalue weighted by molar-refractivity contribution is 5.87. The summed E-state index contributed by atoms with van der Waals surface area (Å²) in [4.78, 5) is 24.5. The number of ether oxygens (including phenoxy) is 1. The molecule has 0 aromatic rings. The van der Waals surface area contributed by atoms with Gasteiger partial charge in [-0.05, 0) is 31.6 Å². The Balaban J connectivity index is 1.85. The molecule has 0 bridgehead atoms. The molecule has 25 heavy (non-hydrogen) atoms. The summed E-state index contributed by atoms with van der Waals surface area (Å²) in [7, 11) is 0. The monoisotopic (exact) mass is 360 g/mol. The second kappa shape index (κ2) is 8.92. The third-order valence-corrected chi connectivity index (χ3v) is 5.28. The molecule has 0 radical (unpaired) electrons. The zero-order valence-electron chi connectivity index (χ0n) is 14.9. The van der Waals surface area contributed by atoms with Crippen LogP contribution in [0, 0.1) is 11.8 Å². The van der Waals surface area contributed by atoms with E-state index in [1.807, 2.05) is 0 Å². The van der Waals surface area contributed by atoms with Gasteiger partial charge in [0.25, 0.3) is 0 Å². The van der Waals surface area contributed by atoms with E-state index < -0.39 is 29.9 Å². The molecule has 5 nitrogen and oxygen atoms in total. The summed E-state index contributed by atoms with van der Waals surface area (Å²) in [5.74, 6) is -3.34. The van der Waals surface area contributed by atoms with E-state index in [1.54, 1.807) is 6.92 Å². The lowest BCUT2D eigenvalue weighted by Gasteiger charge is -2.36. The van der Waals surface area contributed by atoms with Crippen LogP contribution in [0.1, 0.15) is 64.7 Å². The quantitative estimate of drug-likeness (QED) is 0.652. The van der Waals surface area contributed by atoms with Crippen molar-refractivity contribution in [3.05, 3.63) is 0 Å². The number of esters is 1. The molecule has 2 rings (SSSR count). The summed E-state index contributed by atoms with van der Waals surface area (Å²) in [6, 6.07) is -1.58. The van der Waals surface area contributed by atoms with Crippen molar-refractivity contribution in [3.63, 3.8) is 0 Å². The van der Waals surface area contributed by atoms with Gasteiger partial charge in [-0.25, -0.2) is 13.6 Å². The van der Waals surface area contributed by atoms with Gasteiger partial charge in [-0.15, -0.1) is 0 Å². The van der Waals surface area contributed by atoms with E-state index in [9.17, 15) is 18.4 Å². The fraction of sp³-hybridized carbons (Fsp3) is 0.889. The number of halogens is 2. The zero-order valence-corrected chi connectivity index (χ0v) is 14.9. The Labute approximate surface area is 148 Å². The molecule has 0 aliphatic heterocycles. The Hall–Kier alpha value is -1.24. The van der Waals surface area contributed by atoms with Crippen molar-refractivity contribution in [2.24, 2.45) is 17.6 Å². The second-order valence-corrected chi connectivity index (χ2v) is 7.53. The fourth-order valence-electron chi connectivity index (χ4n) is 3.91. The van der Waals surface area contributed by atoms with Crippen LogP contribution >= 0.6 is 0 Å². The number of amides is 1. The first-order valence-electron chi connectivity index (χ1n) is 9.41. The molecule has 1 amide bonds. The summed E-state index contributed by atoms with van der Waals surface area (Å²) in [5.41, 5.74) is 5.86. The number of hydrogen-bond acceptors (Lipinski definition) is 4. The summed E-state index contributed by atoms with van der Waals surface area (Å²) in [5, 5.41) is 2.70. The minimum absolute atomic E-state index is 0.211. The Morgan fingerprint density at radius 1 is 1.16 bits per heavy atom. The van der Waals surface area contributed by atoms with Gasteiger partial charge in [0.2, 0.25) is 11.8 Å². The molecule has 0 aromatic carbocycles. The third-order valence-electron chi connectivity index (χ3n) is 5.28. The van der Waals surface area contributed by atoms with Gasteiger partial charge in [-0.2, -0.15) is 0 Å². The lowest BCUT2D eigenvalue weighted by atomic mass is 9.77. The first-order valence-corrected chi connectivity index (χ1v) is 9.41. The zero-order chi connectivity index (χ0) is 18.4. The van der Waals surface area contributed by atoms with Crippen molar-refractivity contribution in [3.8, 4) is 0 Å². The second-order valence-electron chi connectivity index (χ2n) is 7.53. The van der Waals surface area contributed by atoms with E-state index in [4.69, 9.17) is 10.5 Å². The van der Waals surface area contributed by atoms with Gasteiger partial charge < -0.3 is 15.8 Å². The van der Waals surface area contributed by atoms with Crippen LogP contribution in [0.4, 0.5) is 8.78 Å². The van der Waals surface area contributed by atoms with Crippen LogP contribution in [0.5, 0.6) is 0 Å². The first-order chi connectivity index (χ1) is 11.8. The van der Waals surface area contributed by atoms with Gasteiger partial charge >= 0.3 is 5.97 Å². The highest BCUT2D eigenvalue weighted by Crippen LogP contribution is 2.44. The minimum atomic E-state index is -2.62. The van der Waals surface area contributed by atoms with Crippen LogP contribution in [0.25, 0.3) is 0 Å². The molecule has 2 atom stereocenters. The predicted octanol–water partition coefficient (Wildman–Crippen LogP) is 2.77. The number of alkyl halides is 2. The molecule has 2 fully saturated rings. The van der Waals surface area contributed by atoms with Gasteiger partial charge in [0.05, 0.1) is 12.6 Å². The standard InChI is InChI=1S/C18H30F2N2O3/c1-2-25-17(24)15(9-12-6-4-3-5-7-12)22-16(23)14(21)8-13-10-18(19,20)11-13/h12-15H,2-11,21H2,1H3,(H,22,23)/t14?,15-/m1/s1. The summed E-state index contributed by atoms with van der Waals surface area (Å²) in [6.45, 7) is 1.97. The molecule has 2 saturated carbocycles. The Morgan fingerprint density at radius 3 is 2.36 bits per heavy atom. The number of carbonyl (C=O) groups excluding carboxylic acids is 2. The molecule has 1 unspecified atom stereocenters. The van der Waals surface area contributed by atoms with Crippen molar-refractivity contribution in [2.45, 2.75) is 82.7 Å². The normalized spacial score (nSPS) is 23.4. The van der Waals surface area contributed by atoms with Gasteiger partial charge in [0, 0.05) is 12.8 Å². The van der Waals surface area contributed by atoms with Crippen molar-refractivity contribution >= 4 is 11.9 Å².